The molecule has 0 saturated carbocycles. The van der Waals surface area contributed by atoms with Crippen molar-refractivity contribution in [3.63, 3.8) is 0 Å². The highest BCUT2D eigenvalue weighted by Gasteiger charge is 2.04. The van der Waals surface area contributed by atoms with Gasteiger partial charge < -0.3 is 0 Å². The number of halogens is 1. The number of benzene rings is 2. The van der Waals surface area contributed by atoms with Crippen molar-refractivity contribution in [2.24, 2.45) is 0 Å². The molecule has 0 radical (unpaired) electrons. The van der Waals surface area contributed by atoms with Gasteiger partial charge >= 0.3 is 0 Å². The van der Waals surface area contributed by atoms with Crippen LogP contribution >= 0.6 is 11.6 Å². The van der Waals surface area contributed by atoms with Crippen LogP contribution in [0, 0.1) is 0 Å². The van der Waals surface area contributed by atoms with E-state index in [0.717, 1.165) is 16.3 Å². The fourth-order valence-corrected chi connectivity index (χ4v) is 2.56. The largest absolute Gasteiger partial charge is 0.289 e. The normalized spacial score (nSPS) is 10.8. The molecule has 0 heterocycles. The zero-order valence-electron chi connectivity index (χ0n) is 10.6. The molecule has 3 heteroatoms. The first kappa shape index (κ1) is 12.8. The second kappa shape index (κ2) is 5.06. The summed E-state index contributed by atoms with van der Waals surface area (Å²) in [5, 5.41) is 2.67. The second-order valence-electron chi connectivity index (χ2n) is 4.70. The summed E-state index contributed by atoms with van der Waals surface area (Å²) in [4.78, 5) is 23.5. The first-order valence-electron chi connectivity index (χ1n) is 6.28. The van der Waals surface area contributed by atoms with Crippen molar-refractivity contribution in [3.8, 4) is 0 Å². The molecule has 0 aromatic heterocycles. The first-order chi connectivity index (χ1) is 9.65. The van der Waals surface area contributed by atoms with Crippen LogP contribution in [-0.4, -0.2) is 5.24 Å². The molecule has 3 aromatic rings. The molecule has 0 bridgehead atoms. The predicted molar refractivity (Wildman–Crippen MR) is 82.3 cm³/mol. The number of rotatable bonds is 2. The quantitative estimate of drug-likeness (QED) is 0.672. The lowest BCUT2D eigenvalue weighted by atomic mass is 10.1. The van der Waals surface area contributed by atoms with E-state index in [-0.39, 0.29) is 11.8 Å². The van der Waals surface area contributed by atoms with Gasteiger partial charge in [-0.3, -0.25) is 9.59 Å². The molecule has 0 amide bonds. The van der Waals surface area contributed by atoms with Crippen molar-refractivity contribution in [3.05, 3.63) is 70.4 Å². The van der Waals surface area contributed by atoms with Crippen LogP contribution in [0.4, 0.5) is 0 Å². The Morgan fingerprint density at radius 2 is 1.60 bits per heavy atom. The molecule has 2 nitrogen and oxygen atoms in total. The maximum absolute atomic E-state index is 12.5. The molecule has 0 aliphatic heterocycles. The average molecular weight is 283 g/mol. The lowest BCUT2D eigenvalue weighted by Gasteiger charge is -1.98. The Labute approximate surface area is 120 Å². The van der Waals surface area contributed by atoms with Gasteiger partial charge in [0.1, 0.15) is 0 Å². The van der Waals surface area contributed by atoms with E-state index in [1.165, 1.54) is 0 Å². The third-order valence-corrected chi connectivity index (χ3v) is 3.49. The highest BCUT2D eigenvalue weighted by molar-refractivity contribution is 6.63. The molecule has 0 aliphatic carbocycles. The summed E-state index contributed by atoms with van der Waals surface area (Å²) in [5.74, 6) is 0. The van der Waals surface area contributed by atoms with Crippen molar-refractivity contribution < 1.29 is 4.79 Å². The Morgan fingerprint density at radius 3 is 2.40 bits per heavy atom. The van der Waals surface area contributed by atoms with Crippen LogP contribution in [0.15, 0.2) is 59.4 Å². The van der Waals surface area contributed by atoms with Gasteiger partial charge in [0.25, 0.3) is 0 Å². The molecular weight excluding hydrogens is 272 g/mol. The number of fused-ring (bicyclic) bond motifs is 2. The van der Waals surface area contributed by atoms with Crippen LogP contribution in [-0.2, 0) is 11.2 Å². The van der Waals surface area contributed by atoms with Crippen LogP contribution in [0.5, 0.6) is 0 Å². The Kier molecular flexibility index (Phi) is 3.25. The van der Waals surface area contributed by atoms with Crippen LogP contribution in [0.2, 0.25) is 0 Å². The van der Waals surface area contributed by atoms with Gasteiger partial charge in [-0.05, 0) is 27.9 Å². The fourth-order valence-electron chi connectivity index (χ4n) is 2.40. The van der Waals surface area contributed by atoms with E-state index in [9.17, 15) is 9.59 Å². The molecule has 0 unspecified atom stereocenters. The SMILES string of the molecule is O=C(Cl)Cc1ccc2c(=O)c3ccccc3ccc2c1. The summed E-state index contributed by atoms with van der Waals surface area (Å²) in [6.07, 6.45) is 0.170. The Bertz CT molecular complexity index is 884. The molecule has 0 atom stereocenters. The van der Waals surface area contributed by atoms with Gasteiger partial charge in [-0.15, -0.1) is 0 Å². The van der Waals surface area contributed by atoms with Crippen molar-refractivity contribution >= 4 is 38.4 Å². The minimum absolute atomic E-state index is 0.00403. The summed E-state index contributed by atoms with van der Waals surface area (Å²) in [6, 6.07) is 16.7. The van der Waals surface area contributed by atoms with Gasteiger partial charge in [0.2, 0.25) is 5.24 Å². The summed E-state index contributed by atoms with van der Waals surface area (Å²) >= 11 is 5.41. The number of hydrogen-bond donors (Lipinski definition) is 0. The van der Waals surface area contributed by atoms with Crippen molar-refractivity contribution in [1.82, 2.24) is 0 Å². The number of hydrogen-bond acceptors (Lipinski definition) is 2. The Hall–Kier alpha value is -2.19. The van der Waals surface area contributed by atoms with Gasteiger partial charge in [-0.2, -0.15) is 0 Å². The first-order valence-corrected chi connectivity index (χ1v) is 6.66. The molecule has 3 rings (SSSR count). The maximum atomic E-state index is 12.5. The lowest BCUT2D eigenvalue weighted by Crippen LogP contribution is -1.99. The third kappa shape index (κ3) is 2.30. The minimum Gasteiger partial charge on any atom is -0.289 e. The standard InChI is InChI=1S/C17H11ClO2/c18-16(19)10-11-5-8-15-13(9-11)7-6-12-3-1-2-4-14(12)17(15)20/h1-9H,10H2. The van der Waals surface area contributed by atoms with Gasteiger partial charge in [-0.25, -0.2) is 0 Å². The molecule has 3 aromatic carbocycles. The summed E-state index contributed by atoms with van der Waals surface area (Å²) in [5.41, 5.74) is 0.816. The van der Waals surface area contributed by atoms with E-state index < -0.39 is 5.24 Å². The van der Waals surface area contributed by atoms with E-state index in [0.29, 0.717) is 10.8 Å². The monoisotopic (exact) mass is 282 g/mol. The topological polar surface area (TPSA) is 34.1 Å². The summed E-state index contributed by atoms with van der Waals surface area (Å²) in [6.45, 7) is 0. The minimum atomic E-state index is -0.405. The van der Waals surface area contributed by atoms with Crippen molar-refractivity contribution in [2.45, 2.75) is 6.42 Å². The van der Waals surface area contributed by atoms with Crippen LogP contribution < -0.4 is 5.43 Å². The van der Waals surface area contributed by atoms with Gasteiger partial charge in [0.15, 0.2) is 5.43 Å². The molecule has 20 heavy (non-hydrogen) atoms. The van der Waals surface area contributed by atoms with Gasteiger partial charge in [0, 0.05) is 17.2 Å². The Balaban J connectivity index is 2.36. The number of carbonyl (C=O) groups excluding carboxylic acids is 1. The van der Waals surface area contributed by atoms with E-state index in [1.807, 2.05) is 42.5 Å². The third-order valence-electron chi connectivity index (χ3n) is 3.35. The maximum Gasteiger partial charge on any atom is 0.226 e. The molecular formula is C17H11ClO2. The molecule has 0 fully saturated rings. The molecule has 0 N–H and O–H groups in total. The van der Waals surface area contributed by atoms with E-state index in [2.05, 4.69) is 0 Å². The lowest BCUT2D eigenvalue weighted by molar-refractivity contribution is -0.111. The van der Waals surface area contributed by atoms with Crippen molar-refractivity contribution in [1.29, 1.82) is 0 Å². The van der Waals surface area contributed by atoms with E-state index >= 15 is 0 Å². The summed E-state index contributed by atoms with van der Waals surface area (Å²) in [7, 11) is 0. The second-order valence-corrected chi connectivity index (χ2v) is 5.12. The zero-order valence-corrected chi connectivity index (χ0v) is 11.4. The van der Waals surface area contributed by atoms with E-state index in [1.54, 1.807) is 12.1 Å². The van der Waals surface area contributed by atoms with Gasteiger partial charge in [0.05, 0.1) is 0 Å². The van der Waals surface area contributed by atoms with Crippen LogP contribution in [0.25, 0.3) is 21.5 Å². The van der Waals surface area contributed by atoms with Crippen LogP contribution in [0.1, 0.15) is 5.56 Å². The predicted octanol–water partition coefficient (Wildman–Crippen LogP) is 3.66. The highest BCUT2D eigenvalue weighted by Crippen LogP contribution is 2.17. The van der Waals surface area contributed by atoms with Gasteiger partial charge in [-0.1, -0.05) is 54.6 Å². The smallest absolute Gasteiger partial charge is 0.226 e. The molecule has 0 spiro atoms. The molecule has 98 valence electrons. The molecule has 0 saturated heterocycles. The molecule has 0 aliphatic rings. The summed E-state index contributed by atoms with van der Waals surface area (Å²) < 4.78 is 0. The van der Waals surface area contributed by atoms with E-state index in [4.69, 9.17) is 11.6 Å². The highest BCUT2D eigenvalue weighted by atomic mass is 35.5. The van der Waals surface area contributed by atoms with Crippen LogP contribution in [0.3, 0.4) is 0 Å². The Morgan fingerprint density at radius 1 is 0.900 bits per heavy atom. The fraction of sp³-hybridized carbons (Fsp3) is 0.0588. The van der Waals surface area contributed by atoms with Crippen molar-refractivity contribution in [2.75, 3.05) is 0 Å². The zero-order chi connectivity index (χ0) is 14.1. The average Bonchev–Trinajstić information content (AvgIpc) is 2.57. The number of carbonyl (C=O) groups is 1.